The van der Waals surface area contributed by atoms with Crippen LogP contribution in [0, 0.1) is 0 Å². The highest BCUT2D eigenvalue weighted by molar-refractivity contribution is 7.99. The Bertz CT molecular complexity index is 634. The van der Waals surface area contributed by atoms with Crippen LogP contribution in [0.15, 0.2) is 28.7 Å². The minimum atomic E-state index is -0.582. The number of rotatable bonds is 6. The summed E-state index contributed by atoms with van der Waals surface area (Å²) in [6.07, 6.45) is 0.853. The van der Waals surface area contributed by atoms with Gasteiger partial charge in [0.2, 0.25) is 0 Å². The molecule has 0 saturated carbocycles. The molecule has 1 aromatic carbocycles. The average Bonchev–Trinajstić information content (AvgIpc) is 3.13. The molecule has 120 valence electrons. The van der Waals surface area contributed by atoms with Gasteiger partial charge in [-0.05, 0) is 38.2 Å². The molecule has 1 aromatic heterocycles. The van der Waals surface area contributed by atoms with E-state index in [-0.39, 0.29) is 6.04 Å². The van der Waals surface area contributed by atoms with Crippen molar-refractivity contribution in [2.45, 2.75) is 31.9 Å². The third kappa shape index (κ3) is 3.26. The molecule has 0 radical (unpaired) electrons. The number of hydrogen-bond acceptors (Lipinski definition) is 5. The molecule has 2 N–H and O–H groups in total. The van der Waals surface area contributed by atoms with E-state index in [0.29, 0.717) is 13.2 Å². The number of thioether (sulfide) groups is 1. The molecule has 0 bridgehead atoms. The molecule has 0 unspecified atom stereocenters. The second-order valence-electron chi connectivity index (χ2n) is 5.89. The fourth-order valence-corrected chi connectivity index (χ4v) is 4.01. The van der Waals surface area contributed by atoms with E-state index in [0.717, 1.165) is 40.4 Å². The molecule has 1 fully saturated rings. The van der Waals surface area contributed by atoms with Crippen molar-refractivity contribution in [3.8, 4) is 5.75 Å². The first-order valence-corrected chi connectivity index (χ1v) is 8.95. The second kappa shape index (κ2) is 6.52. The molecule has 1 saturated heterocycles. The highest BCUT2D eigenvalue weighted by atomic mass is 32.2. The third-order valence-corrected chi connectivity index (χ3v) is 5.31. The fraction of sp³-hybridized carbons (Fsp3) is 0.529. The van der Waals surface area contributed by atoms with Crippen LogP contribution in [0.4, 0.5) is 0 Å². The van der Waals surface area contributed by atoms with E-state index in [9.17, 15) is 5.11 Å². The normalized spacial score (nSPS) is 23.0. The molecule has 2 aromatic rings. The Kier molecular flexibility index (Phi) is 4.66. The van der Waals surface area contributed by atoms with Gasteiger partial charge in [-0.3, -0.25) is 0 Å². The molecule has 0 amide bonds. The summed E-state index contributed by atoms with van der Waals surface area (Å²) in [6, 6.07) is 8.03. The van der Waals surface area contributed by atoms with E-state index in [1.165, 1.54) is 0 Å². The highest BCUT2D eigenvalue weighted by Crippen LogP contribution is 2.32. The minimum Gasteiger partial charge on any atom is -0.490 e. The quantitative estimate of drug-likeness (QED) is 0.854. The van der Waals surface area contributed by atoms with Crippen LogP contribution in [-0.4, -0.2) is 35.4 Å². The molecule has 1 aliphatic rings. The van der Waals surface area contributed by atoms with E-state index in [4.69, 9.17) is 9.15 Å². The van der Waals surface area contributed by atoms with Gasteiger partial charge in [0.05, 0.1) is 18.2 Å². The third-order valence-electron chi connectivity index (χ3n) is 4.07. The summed E-state index contributed by atoms with van der Waals surface area (Å²) in [7, 11) is 0. The van der Waals surface area contributed by atoms with Gasteiger partial charge >= 0.3 is 0 Å². The van der Waals surface area contributed by atoms with Crippen molar-refractivity contribution in [3.63, 3.8) is 0 Å². The van der Waals surface area contributed by atoms with Crippen LogP contribution in [0.1, 0.15) is 32.1 Å². The van der Waals surface area contributed by atoms with E-state index >= 15 is 0 Å². The molecular weight excluding hydrogens is 298 g/mol. The van der Waals surface area contributed by atoms with Crippen LogP contribution in [-0.2, 0) is 0 Å². The fourth-order valence-electron chi connectivity index (χ4n) is 2.72. The van der Waals surface area contributed by atoms with E-state index in [2.05, 4.69) is 12.2 Å². The summed E-state index contributed by atoms with van der Waals surface area (Å²) in [5.41, 5.74) is 0.213. The molecule has 3 rings (SSSR count). The molecule has 5 heteroatoms. The maximum atomic E-state index is 10.4. The molecular formula is C17H23NO3S. The number of nitrogens with one attached hydrogen (secondary N) is 1. The number of aliphatic hydroxyl groups is 1. The summed E-state index contributed by atoms with van der Waals surface area (Å²) in [5, 5.41) is 14.8. The summed E-state index contributed by atoms with van der Waals surface area (Å²) >= 11 is 1.81. The standard InChI is InChI=1S/C17H23NO3S/c1-3-20-14-6-4-5-13-9-15(21-16(13)14)12(2)18-10-17(19)7-8-22-11-17/h4-6,9,12,18-19H,3,7-8,10-11H2,1-2H3/t12-,17-/m0/s1. The minimum absolute atomic E-state index is 0.0523. The van der Waals surface area contributed by atoms with Crippen molar-refractivity contribution in [2.24, 2.45) is 0 Å². The molecule has 2 heterocycles. The largest absolute Gasteiger partial charge is 0.490 e. The van der Waals surface area contributed by atoms with Gasteiger partial charge in [-0.15, -0.1) is 0 Å². The van der Waals surface area contributed by atoms with Gasteiger partial charge in [0.1, 0.15) is 5.76 Å². The Morgan fingerprint density at radius 2 is 2.36 bits per heavy atom. The van der Waals surface area contributed by atoms with Crippen LogP contribution < -0.4 is 10.1 Å². The lowest BCUT2D eigenvalue weighted by molar-refractivity contribution is 0.0644. The maximum absolute atomic E-state index is 10.4. The van der Waals surface area contributed by atoms with Crippen LogP contribution in [0.25, 0.3) is 11.0 Å². The number of furan rings is 1. The predicted molar refractivity (Wildman–Crippen MR) is 90.7 cm³/mol. The Morgan fingerprint density at radius 1 is 1.50 bits per heavy atom. The van der Waals surface area contributed by atoms with Crippen LogP contribution in [0.5, 0.6) is 5.75 Å². The zero-order chi connectivity index (χ0) is 15.6. The first-order chi connectivity index (χ1) is 10.6. The van der Waals surface area contributed by atoms with Gasteiger partial charge in [0.25, 0.3) is 0 Å². The SMILES string of the molecule is CCOc1cccc2cc([C@H](C)NC[C@@]3(O)CCSC3)oc12. The number of hydrogen-bond donors (Lipinski definition) is 2. The predicted octanol–water partition coefficient (Wildman–Crippen LogP) is 3.35. The monoisotopic (exact) mass is 321 g/mol. The zero-order valence-electron chi connectivity index (χ0n) is 13.1. The van der Waals surface area contributed by atoms with Crippen molar-refractivity contribution in [2.75, 3.05) is 24.7 Å². The van der Waals surface area contributed by atoms with Gasteiger partial charge in [-0.1, -0.05) is 12.1 Å². The van der Waals surface area contributed by atoms with Crippen LogP contribution in [0.2, 0.25) is 0 Å². The lowest BCUT2D eigenvalue weighted by Gasteiger charge is -2.23. The number of fused-ring (bicyclic) bond motifs is 1. The molecule has 22 heavy (non-hydrogen) atoms. The van der Waals surface area contributed by atoms with Gasteiger partial charge in [0.15, 0.2) is 11.3 Å². The van der Waals surface area contributed by atoms with Crippen molar-refractivity contribution in [1.82, 2.24) is 5.32 Å². The molecule has 0 aliphatic carbocycles. The van der Waals surface area contributed by atoms with Crippen molar-refractivity contribution in [1.29, 1.82) is 0 Å². The summed E-state index contributed by atoms with van der Waals surface area (Å²) in [4.78, 5) is 0. The van der Waals surface area contributed by atoms with Crippen LogP contribution >= 0.6 is 11.8 Å². The Labute approximate surface area is 135 Å². The first-order valence-electron chi connectivity index (χ1n) is 7.80. The Balaban J connectivity index is 1.73. The zero-order valence-corrected chi connectivity index (χ0v) is 13.9. The summed E-state index contributed by atoms with van der Waals surface area (Å²) < 4.78 is 11.6. The Hall–Kier alpha value is -1.17. The average molecular weight is 321 g/mol. The molecule has 0 spiro atoms. The number of ether oxygens (including phenoxy) is 1. The highest BCUT2D eigenvalue weighted by Gasteiger charge is 2.32. The van der Waals surface area contributed by atoms with Crippen molar-refractivity contribution < 1.29 is 14.3 Å². The summed E-state index contributed by atoms with van der Waals surface area (Å²) in [6.45, 7) is 5.24. The number of benzene rings is 1. The van der Waals surface area contributed by atoms with E-state index in [1.807, 2.05) is 43.0 Å². The molecule has 1 aliphatic heterocycles. The summed E-state index contributed by atoms with van der Waals surface area (Å²) in [5.74, 6) is 3.50. The lowest BCUT2D eigenvalue weighted by Crippen LogP contribution is -2.41. The van der Waals surface area contributed by atoms with Gasteiger partial charge < -0.3 is 19.6 Å². The van der Waals surface area contributed by atoms with Gasteiger partial charge in [0, 0.05) is 17.7 Å². The smallest absolute Gasteiger partial charge is 0.176 e. The van der Waals surface area contributed by atoms with Gasteiger partial charge in [-0.2, -0.15) is 11.8 Å². The first kappa shape index (κ1) is 15.7. The maximum Gasteiger partial charge on any atom is 0.176 e. The number of para-hydroxylation sites is 1. The second-order valence-corrected chi connectivity index (χ2v) is 6.99. The van der Waals surface area contributed by atoms with E-state index < -0.39 is 5.60 Å². The lowest BCUT2D eigenvalue weighted by atomic mass is 10.0. The topological polar surface area (TPSA) is 54.6 Å². The molecule has 4 nitrogen and oxygen atoms in total. The van der Waals surface area contributed by atoms with Crippen LogP contribution in [0.3, 0.4) is 0 Å². The van der Waals surface area contributed by atoms with Crippen molar-refractivity contribution >= 4 is 22.7 Å². The van der Waals surface area contributed by atoms with Crippen molar-refractivity contribution in [3.05, 3.63) is 30.0 Å². The van der Waals surface area contributed by atoms with E-state index in [1.54, 1.807) is 0 Å². The van der Waals surface area contributed by atoms with Gasteiger partial charge in [-0.25, -0.2) is 0 Å². The Morgan fingerprint density at radius 3 is 3.09 bits per heavy atom. The molecule has 2 atom stereocenters.